The summed E-state index contributed by atoms with van der Waals surface area (Å²) >= 11 is 0. The van der Waals surface area contributed by atoms with Gasteiger partial charge in [0.15, 0.2) is 0 Å². The Bertz CT molecular complexity index is 335. The number of urea groups is 1. The van der Waals surface area contributed by atoms with Gasteiger partial charge in [0.25, 0.3) is 0 Å². The molecule has 1 aromatic carbocycles. The Morgan fingerprint density at radius 2 is 2.07 bits per heavy atom. The lowest BCUT2D eigenvalue weighted by Crippen LogP contribution is -2.29. The Morgan fingerprint density at radius 1 is 1.40 bits per heavy atom. The lowest BCUT2D eigenvalue weighted by Gasteiger charge is -2.05. The van der Waals surface area contributed by atoms with Crippen molar-refractivity contribution in [2.45, 2.75) is 0 Å². The van der Waals surface area contributed by atoms with Crippen LogP contribution in [0, 0.1) is 0 Å². The number of carbonyl (C=O) groups excluding carboxylic acids is 2. The third kappa shape index (κ3) is 3.68. The maximum Gasteiger partial charge on any atom is 0.319 e. The van der Waals surface area contributed by atoms with Crippen LogP contribution in [-0.2, 0) is 4.79 Å². The van der Waals surface area contributed by atoms with Crippen LogP contribution < -0.4 is 15.4 Å². The molecular weight excluding hydrogens is 196 g/mol. The average molecular weight is 208 g/mol. The molecule has 0 atom stereocenters. The van der Waals surface area contributed by atoms with Gasteiger partial charge in [-0.2, -0.15) is 0 Å². The average Bonchev–Trinajstić information content (AvgIpc) is 2.27. The summed E-state index contributed by atoms with van der Waals surface area (Å²) in [5.74, 6) is 0.717. The zero-order valence-corrected chi connectivity index (χ0v) is 8.32. The van der Waals surface area contributed by atoms with Crippen LogP contribution in [0.2, 0.25) is 0 Å². The molecule has 1 aromatic rings. The van der Waals surface area contributed by atoms with Crippen molar-refractivity contribution in [3.63, 3.8) is 0 Å². The van der Waals surface area contributed by atoms with Crippen LogP contribution in [0.1, 0.15) is 0 Å². The number of ether oxygens (including phenoxy) is 1. The molecule has 0 heterocycles. The minimum atomic E-state index is -0.410. The van der Waals surface area contributed by atoms with Crippen molar-refractivity contribution in [2.75, 3.05) is 19.0 Å². The highest BCUT2D eigenvalue weighted by atomic mass is 16.5. The summed E-state index contributed by atoms with van der Waals surface area (Å²) in [5.41, 5.74) is 0.638. The van der Waals surface area contributed by atoms with Crippen molar-refractivity contribution < 1.29 is 14.3 Å². The van der Waals surface area contributed by atoms with E-state index >= 15 is 0 Å². The Kier molecular flexibility index (Phi) is 4.15. The van der Waals surface area contributed by atoms with Gasteiger partial charge >= 0.3 is 6.03 Å². The first-order valence-electron chi connectivity index (χ1n) is 4.39. The second kappa shape index (κ2) is 5.64. The SMILES string of the molecule is COc1ccc(NC(=O)NCC=O)cc1. The van der Waals surface area contributed by atoms with Gasteiger partial charge in [0.05, 0.1) is 13.7 Å². The fourth-order valence-corrected chi connectivity index (χ4v) is 0.984. The molecule has 0 unspecified atom stereocenters. The quantitative estimate of drug-likeness (QED) is 0.726. The molecule has 1 rings (SSSR count). The first kappa shape index (κ1) is 11.0. The Morgan fingerprint density at radius 3 is 2.60 bits per heavy atom. The summed E-state index contributed by atoms with van der Waals surface area (Å²) in [6.07, 6.45) is 0.619. The molecule has 0 radical (unpaired) electrons. The highest BCUT2D eigenvalue weighted by Gasteiger charge is 1.99. The van der Waals surface area contributed by atoms with Crippen LogP contribution in [0.15, 0.2) is 24.3 Å². The molecule has 0 fully saturated rings. The molecule has 80 valence electrons. The van der Waals surface area contributed by atoms with Crippen molar-refractivity contribution in [3.05, 3.63) is 24.3 Å². The predicted octanol–water partition coefficient (Wildman–Crippen LogP) is 1.02. The smallest absolute Gasteiger partial charge is 0.319 e. The lowest BCUT2D eigenvalue weighted by molar-refractivity contribution is -0.107. The molecule has 0 aliphatic carbocycles. The number of rotatable bonds is 4. The lowest BCUT2D eigenvalue weighted by atomic mass is 10.3. The molecule has 5 heteroatoms. The second-order valence-electron chi connectivity index (χ2n) is 2.73. The van der Waals surface area contributed by atoms with Gasteiger partial charge in [0.1, 0.15) is 12.0 Å². The zero-order chi connectivity index (χ0) is 11.1. The van der Waals surface area contributed by atoms with Crippen LogP contribution in [0.25, 0.3) is 0 Å². The van der Waals surface area contributed by atoms with Crippen LogP contribution in [-0.4, -0.2) is 26.0 Å². The Hall–Kier alpha value is -2.04. The number of benzene rings is 1. The van der Waals surface area contributed by atoms with Gasteiger partial charge < -0.3 is 20.2 Å². The predicted molar refractivity (Wildman–Crippen MR) is 56.1 cm³/mol. The minimum absolute atomic E-state index is 0.00197. The normalized spacial score (nSPS) is 9.13. The Labute approximate surface area is 87.4 Å². The van der Waals surface area contributed by atoms with Gasteiger partial charge in [-0.05, 0) is 24.3 Å². The first-order chi connectivity index (χ1) is 7.26. The maximum absolute atomic E-state index is 11.1. The number of anilines is 1. The summed E-state index contributed by atoms with van der Waals surface area (Å²) in [6, 6.07) is 6.47. The van der Waals surface area contributed by atoms with Crippen LogP contribution in [0.3, 0.4) is 0 Å². The van der Waals surface area contributed by atoms with Gasteiger partial charge in [-0.15, -0.1) is 0 Å². The van der Waals surface area contributed by atoms with Crippen molar-refractivity contribution in [1.82, 2.24) is 5.32 Å². The minimum Gasteiger partial charge on any atom is -0.497 e. The number of amides is 2. The van der Waals surface area contributed by atoms with E-state index in [2.05, 4.69) is 10.6 Å². The molecule has 2 amide bonds. The third-order valence-electron chi connectivity index (χ3n) is 1.69. The second-order valence-corrected chi connectivity index (χ2v) is 2.73. The maximum atomic E-state index is 11.1. The summed E-state index contributed by atoms with van der Waals surface area (Å²) in [7, 11) is 1.57. The summed E-state index contributed by atoms with van der Waals surface area (Å²) in [4.78, 5) is 21.1. The van der Waals surface area contributed by atoms with E-state index in [1.165, 1.54) is 0 Å². The van der Waals surface area contributed by atoms with E-state index in [0.717, 1.165) is 0 Å². The van der Waals surface area contributed by atoms with Crippen molar-refractivity contribution in [3.8, 4) is 5.75 Å². The standard InChI is InChI=1S/C10H12N2O3/c1-15-9-4-2-8(3-5-9)12-10(14)11-6-7-13/h2-5,7H,6H2,1H3,(H2,11,12,14). The van der Waals surface area contributed by atoms with Crippen LogP contribution >= 0.6 is 0 Å². The van der Waals surface area contributed by atoms with Gasteiger partial charge in [-0.1, -0.05) is 0 Å². The van der Waals surface area contributed by atoms with Crippen molar-refractivity contribution in [1.29, 1.82) is 0 Å². The number of methoxy groups -OCH3 is 1. The zero-order valence-electron chi connectivity index (χ0n) is 8.32. The van der Waals surface area contributed by atoms with Crippen LogP contribution in [0.4, 0.5) is 10.5 Å². The van der Waals surface area contributed by atoms with E-state index in [1.807, 2.05) is 0 Å². The van der Waals surface area contributed by atoms with Gasteiger partial charge in [0.2, 0.25) is 0 Å². The number of carbonyl (C=O) groups is 2. The molecular formula is C10H12N2O3. The fraction of sp³-hybridized carbons (Fsp3) is 0.200. The molecule has 0 saturated heterocycles. The molecule has 15 heavy (non-hydrogen) atoms. The molecule has 0 aromatic heterocycles. The molecule has 0 spiro atoms. The van der Waals surface area contributed by atoms with E-state index in [9.17, 15) is 9.59 Å². The number of aldehydes is 1. The third-order valence-corrected chi connectivity index (χ3v) is 1.69. The van der Waals surface area contributed by atoms with E-state index in [4.69, 9.17) is 4.74 Å². The van der Waals surface area contributed by atoms with Crippen molar-refractivity contribution in [2.24, 2.45) is 0 Å². The Balaban J connectivity index is 2.49. The highest BCUT2D eigenvalue weighted by molar-refractivity contribution is 5.90. The fourth-order valence-electron chi connectivity index (χ4n) is 0.984. The van der Waals surface area contributed by atoms with Gasteiger partial charge in [0, 0.05) is 5.69 Å². The van der Waals surface area contributed by atoms with Gasteiger partial charge in [-0.3, -0.25) is 0 Å². The van der Waals surface area contributed by atoms with E-state index in [0.29, 0.717) is 17.7 Å². The first-order valence-corrected chi connectivity index (χ1v) is 4.39. The highest BCUT2D eigenvalue weighted by Crippen LogP contribution is 2.14. The monoisotopic (exact) mass is 208 g/mol. The molecule has 0 saturated carbocycles. The van der Waals surface area contributed by atoms with Gasteiger partial charge in [-0.25, -0.2) is 4.79 Å². The largest absolute Gasteiger partial charge is 0.497 e. The summed E-state index contributed by atoms with van der Waals surface area (Å²) in [6.45, 7) is 0.00197. The molecule has 5 nitrogen and oxygen atoms in total. The number of hydrogen-bond donors (Lipinski definition) is 2. The van der Waals surface area contributed by atoms with E-state index in [-0.39, 0.29) is 6.54 Å². The molecule has 0 bridgehead atoms. The van der Waals surface area contributed by atoms with E-state index < -0.39 is 6.03 Å². The number of hydrogen-bond acceptors (Lipinski definition) is 3. The summed E-state index contributed by atoms with van der Waals surface area (Å²) in [5, 5.41) is 4.92. The number of nitrogens with one attached hydrogen (secondary N) is 2. The van der Waals surface area contributed by atoms with Crippen LogP contribution in [0.5, 0.6) is 5.75 Å². The van der Waals surface area contributed by atoms with Crippen molar-refractivity contribution >= 4 is 18.0 Å². The van der Waals surface area contributed by atoms with E-state index in [1.54, 1.807) is 31.4 Å². The molecule has 0 aliphatic heterocycles. The molecule has 0 aliphatic rings. The topological polar surface area (TPSA) is 67.4 Å². The molecule has 2 N–H and O–H groups in total. The summed E-state index contributed by atoms with van der Waals surface area (Å²) < 4.78 is 4.96.